The molecule has 4 nitrogen and oxygen atoms in total. The Morgan fingerprint density at radius 1 is 1.04 bits per heavy atom. The van der Waals surface area contributed by atoms with E-state index in [0.717, 1.165) is 50.1 Å². The summed E-state index contributed by atoms with van der Waals surface area (Å²) >= 11 is 0. The molecule has 1 heterocycles. The fourth-order valence-electron chi connectivity index (χ4n) is 3.22. The van der Waals surface area contributed by atoms with E-state index in [4.69, 9.17) is 4.98 Å². The molecule has 0 aliphatic carbocycles. The topological polar surface area (TPSA) is 46.9 Å². The van der Waals surface area contributed by atoms with Crippen molar-refractivity contribution in [3.63, 3.8) is 0 Å². The van der Waals surface area contributed by atoms with Crippen LogP contribution in [0.15, 0.2) is 48.5 Å². The van der Waals surface area contributed by atoms with E-state index in [9.17, 15) is 4.79 Å². The molecule has 1 aromatic heterocycles. The third kappa shape index (κ3) is 4.72. The molecule has 1 N–H and O–H groups in total. The number of carbonyl (C=O) groups excluding carboxylic acids is 1. The number of amides is 1. The number of rotatable bonds is 8. The van der Waals surface area contributed by atoms with Gasteiger partial charge >= 0.3 is 0 Å². The Hall–Kier alpha value is -2.62. The van der Waals surface area contributed by atoms with Crippen molar-refractivity contribution >= 4 is 16.9 Å². The van der Waals surface area contributed by atoms with Crippen LogP contribution in [0.1, 0.15) is 43.1 Å². The average Bonchev–Trinajstić information content (AvgIpc) is 2.97. The number of carbonyl (C=O) groups is 1. The molecule has 0 atom stereocenters. The summed E-state index contributed by atoms with van der Waals surface area (Å²) in [7, 11) is 0. The van der Waals surface area contributed by atoms with Crippen LogP contribution in [0.4, 0.5) is 0 Å². The van der Waals surface area contributed by atoms with Crippen LogP contribution in [0.25, 0.3) is 11.0 Å². The molecule has 0 fully saturated rings. The van der Waals surface area contributed by atoms with Crippen molar-refractivity contribution in [1.82, 2.24) is 14.9 Å². The van der Waals surface area contributed by atoms with Crippen LogP contribution in [-0.2, 0) is 17.8 Å². The molecule has 3 aromatic rings. The minimum absolute atomic E-state index is 0.0462. The van der Waals surface area contributed by atoms with Gasteiger partial charge in [0.2, 0.25) is 5.91 Å². The van der Waals surface area contributed by atoms with Gasteiger partial charge in [-0.3, -0.25) is 4.79 Å². The van der Waals surface area contributed by atoms with Crippen molar-refractivity contribution in [3.05, 3.63) is 65.5 Å². The second-order valence-corrected chi connectivity index (χ2v) is 6.88. The summed E-state index contributed by atoms with van der Waals surface area (Å²) in [6.45, 7) is 5.29. The Bertz CT molecular complexity index is 865. The number of hydrogen-bond donors (Lipinski definition) is 1. The molecule has 26 heavy (non-hydrogen) atoms. The van der Waals surface area contributed by atoms with E-state index in [0.29, 0.717) is 0 Å². The smallest absolute Gasteiger partial charge is 0.216 e. The summed E-state index contributed by atoms with van der Waals surface area (Å²) in [6, 6.07) is 17.1. The molecule has 0 radical (unpaired) electrons. The first-order valence-corrected chi connectivity index (χ1v) is 9.37. The molecule has 0 aliphatic rings. The van der Waals surface area contributed by atoms with Gasteiger partial charge in [-0.1, -0.05) is 48.4 Å². The number of imidazole rings is 1. The predicted octanol–water partition coefficient (Wildman–Crippen LogP) is 4.24. The van der Waals surface area contributed by atoms with E-state index in [1.807, 2.05) is 6.07 Å². The average molecular weight is 349 g/mol. The Morgan fingerprint density at radius 2 is 1.81 bits per heavy atom. The Kier molecular flexibility index (Phi) is 6.05. The SMILES string of the molecule is CC(=O)NCCCCCc1nc2ccccc2n1Cc1ccc(C)cc1. The van der Waals surface area contributed by atoms with Crippen LogP contribution in [0.2, 0.25) is 0 Å². The van der Waals surface area contributed by atoms with Crippen molar-refractivity contribution < 1.29 is 4.79 Å². The predicted molar refractivity (Wildman–Crippen MR) is 106 cm³/mol. The van der Waals surface area contributed by atoms with Crippen molar-refractivity contribution in [1.29, 1.82) is 0 Å². The van der Waals surface area contributed by atoms with Gasteiger partial charge in [-0.25, -0.2) is 4.98 Å². The number of nitrogens with one attached hydrogen (secondary N) is 1. The molecular formula is C22H27N3O. The van der Waals surface area contributed by atoms with E-state index in [1.54, 1.807) is 6.92 Å². The highest BCUT2D eigenvalue weighted by molar-refractivity contribution is 5.76. The molecule has 0 spiro atoms. The van der Waals surface area contributed by atoms with Crippen LogP contribution < -0.4 is 5.32 Å². The maximum absolute atomic E-state index is 10.9. The number of hydrogen-bond acceptors (Lipinski definition) is 2. The third-order valence-electron chi connectivity index (χ3n) is 4.65. The summed E-state index contributed by atoms with van der Waals surface area (Å²) < 4.78 is 2.34. The molecule has 0 unspecified atom stereocenters. The van der Waals surface area contributed by atoms with Gasteiger partial charge in [0.05, 0.1) is 11.0 Å². The van der Waals surface area contributed by atoms with Gasteiger partial charge in [-0.05, 0) is 37.5 Å². The number of nitrogens with zero attached hydrogens (tertiary/aromatic N) is 2. The monoisotopic (exact) mass is 349 g/mol. The van der Waals surface area contributed by atoms with Gasteiger partial charge in [-0.15, -0.1) is 0 Å². The Balaban J connectivity index is 1.70. The molecule has 0 saturated carbocycles. The first-order chi connectivity index (χ1) is 12.6. The normalized spacial score (nSPS) is 11.0. The molecule has 136 valence electrons. The van der Waals surface area contributed by atoms with Gasteiger partial charge in [0.15, 0.2) is 0 Å². The Morgan fingerprint density at radius 3 is 2.58 bits per heavy atom. The number of para-hydroxylation sites is 2. The zero-order chi connectivity index (χ0) is 18.4. The van der Waals surface area contributed by atoms with E-state index >= 15 is 0 Å². The van der Waals surface area contributed by atoms with E-state index in [2.05, 4.69) is 59.3 Å². The second kappa shape index (κ2) is 8.65. The van der Waals surface area contributed by atoms with Gasteiger partial charge in [0.1, 0.15) is 5.82 Å². The number of aromatic nitrogens is 2. The van der Waals surface area contributed by atoms with Gasteiger partial charge in [0, 0.05) is 26.4 Å². The standard InChI is InChI=1S/C22H27N3O/c1-17-11-13-19(14-12-17)16-25-21-9-6-5-8-20(21)24-22(25)10-4-3-7-15-23-18(2)26/h5-6,8-9,11-14H,3-4,7,10,15-16H2,1-2H3,(H,23,26). The Labute approximate surface area is 155 Å². The minimum atomic E-state index is 0.0462. The summed E-state index contributed by atoms with van der Waals surface area (Å²) in [5, 5.41) is 2.85. The van der Waals surface area contributed by atoms with Crippen molar-refractivity contribution in [2.24, 2.45) is 0 Å². The highest BCUT2D eigenvalue weighted by atomic mass is 16.1. The molecular weight excluding hydrogens is 322 g/mol. The molecule has 2 aromatic carbocycles. The second-order valence-electron chi connectivity index (χ2n) is 6.88. The minimum Gasteiger partial charge on any atom is -0.356 e. The molecule has 3 rings (SSSR count). The fourth-order valence-corrected chi connectivity index (χ4v) is 3.22. The first-order valence-electron chi connectivity index (χ1n) is 9.37. The third-order valence-corrected chi connectivity index (χ3v) is 4.65. The van der Waals surface area contributed by atoms with E-state index < -0.39 is 0 Å². The zero-order valence-electron chi connectivity index (χ0n) is 15.7. The lowest BCUT2D eigenvalue weighted by Crippen LogP contribution is -2.20. The summed E-state index contributed by atoms with van der Waals surface area (Å²) in [4.78, 5) is 15.8. The van der Waals surface area contributed by atoms with Crippen molar-refractivity contribution in [2.75, 3.05) is 6.54 Å². The summed E-state index contributed by atoms with van der Waals surface area (Å²) in [5.41, 5.74) is 4.84. The molecule has 0 saturated heterocycles. The molecule has 0 aliphatic heterocycles. The van der Waals surface area contributed by atoms with Crippen LogP contribution >= 0.6 is 0 Å². The molecule has 4 heteroatoms. The van der Waals surface area contributed by atoms with Crippen molar-refractivity contribution in [3.8, 4) is 0 Å². The lowest BCUT2D eigenvalue weighted by Gasteiger charge is -2.10. The van der Waals surface area contributed by atoms with E-state index in [-0.39, 0.29) is 5.91 Å². The van der Waals surface area contributed by atoms with Crippen LogP contribution in [0.5, 0.6) is 0 Å². The van der Waals surface area contributed by atoms with Gasteiger partial charge < -0.3 is 9.88 Å². The van der Waals surface area contributed by atoms with Crippen LogP contribution in [0, 0.1) is 6.92 Å². The van der Waals surface area contributed by atoms with Gasteiger partial charge in [-0.2, -0.15) is 0 Å². The number of aryl methyl sites for hydroxylation is 2. The number of fused-ring (bicyclic) bond motifs is 1. The van der Waals surface area contributed by atoms with E-state index in [1.165, 1.54) is 16.6 Å². The highest BCUT2D eigenvalue weighted by Gasteiger charge is 2.10. The lowest BCUT2D eigenvalue weighted by atomic mass is 10.1. The zero-order valence-corrected chi connectivity index (χ0v) is 15.7. The quantitative estimate of drug-likeness (QED) is 0.618. The van der Waals surface area contributed by atoms with Crippen LogP contribution in [0.3, 0.4) is 0 Å². The highest BCUT2D eigenvalue weighted by Crippen LogP contribution is 2.20. The fraction of sp³-hybridized carbons (Fsp3) is 0.364. The van der Waals surface area contributed by atoms with Crippen LogP contribution in [-0.4, -0.2) is 22.0 Å². The maximum Gasteiger partial charge on any atom is 0.216 e. The summed E-state index contributed by atoms with van der Waals surface area (Å²) in [5.74, 6) is 1.19. The summed E-state index contributed by atoms with van der Waals surface area (Å²) in [6.07, 6.45) is 4.14. The maximum atomic E-state index is 10.9. The first kappa shape index (κ1) is 18.2. The largest absolute Gasteiger partial charge is 0.356 e. The number of unbranched alkanes of at least 4 members (excludes halogenated alkanes) is 2. The van der Waals surface area contributed by atoms with Crippen molar-refractivity contribution in [2.45, 2.75) is 46.1 Å². The van der Waals surface area contributed by atoms with Gasteiger partial charge in [0.25, 0.3) is 0 Å². The molecule has 1 amide bonds. The molecule has 0 bridgehead atoms. The lowest BCUT2D eigenvalue weighted by molar-refractivity contribution is -0.118. The number of benzene rings is 2.